The molecule has 4 heteroatoms. The van der Waals surface area contributed by atoms with Crippen molar-refractivity contribution in [3.05, 3.63) is 53.6 Å². The zero-order chi connectivity index (χ0) is 13.8. The van der Waals surface area contributed by atoms with Gasteiger partial charge in [0.2, 0.25) is 0 Å². The van der Waals surface area contributed by atoms with E-state index < -0.39 is 0 Å². The van der Waals surface area contributed by atoms with E-state index >= 15 is 0 Å². The fraction of sp³-hybridized carbons (Fsp3) is 0.133. The van der Waals surface area contributed by atoms with Gasteiger partial charge >= 0.3 is 6.03 Å². The topological polar surface area (TPSA) is 61.4 Å². The first-order valence-electron chi connectivity index (χ1n) is 5.99. The highest BCUT2D eigenvalue weighted by atomic mass is 16.3. The number of hydrogen-bond donors (Lipinski definition) is 3. The smallest absolute Gasteiger partial charge is 0.323 e. The van der Waals surface area contributed by atoms with E-state index in [2.05, 4.69) is 10.6 Å². The highest BCUT2D eigenvalue weighted by Gasteiger charge is 2.06. The van der Waals surface area contributed by atoms with Crippen LogP contribution in [-0.4, -0.2) is 11.1 Å². The Morgan fingerprint density at radius 3 is 2.37 bits per heavy atom. The van der Waals surface area contributed by atoms with E-state index in [0.717, 1.165) is 11.3 Å². The fourth-order valence-corrected chi connectivity index (χ4v) is 1.68. The number of aryl methyl sites for hydroxylation is 1. The first kappa shape index (κ1) is 13.0. The monoisotopic (exact) mass is 256 g/mol. The van der Waals surface area contributed by atoms with Crippen LogP contribution in [0.25, 0.3) is 0 Å². The number of anilines is 2. The highest BCUT2D eigenvalue weighted by Crippen LogP contribution is 2.23. The number of carbonyl (C=O) groups excluding carboxylic acids is 1. The second kappa shape index (κ2) is 5.44. The molecule has 0 aromatic heterocycles. The largest absolute Gasteiger partial charge is 0.508 e. The van der Waals surface area contributed by atoms with Crippen molar-refractivity contribution in [1.29, 1.82) is 0 Å². The Labute approximate surface area is 112 Å². The molecule has 0 heterocycles. The summed E-state index contributed by atoms with van der Waals surface area (Å²) in [6, 6.07) is 12.2. The Bertz CT molecular complexity index is 592. The van der Waals surface area contributed by atoms with E-state index in [-0.39, 0.29) is 11.8 Å². The predicted octanol–water partition coefficient (Wildman–Crippen LogP) is 3.65. The van der Waals surface area contributed by atoms with E-state index in [9.17, 15) is 9.90 Å². The lowest BCUT2D eigenvalue weighted by molar-refractivity contribution is 0.262. The summed E-state index contributed by atoms with van der Waals surface area (Å²) in [7, 11) is 0. The van der Waals surface area contributed by atoms with Crippen LogP contribution < -0.4 is 10.6 Å². The Morgan fingerprint density at radius 2 is 1.68 bits per heavy atom. The van der Waals surface area contributed by atoms with E-state index in [4.69, 9.17) is 0 Å². The summed E-state index contributed by atoms with van der Waals surface area (Å²) in [5, 5.41) is 15.0. The number of carbonyl (C=O) groups is 1. The molecular formula is C15H16N2O2. The van der Waals surface area contributed by atoms with Crippen LogP contribution in [0, 0.1) is 13.8 Å². The number of amides is 2. The molecule has 0 unspecified atom stereocenters. The lowest BCUT2D eigenvalue weighted by Crippen LogP contribution is -2.19. The number of benzene rings is 2. The van der Waals surface area contributed by atoms with Gasteiger partial charge < -0.3 is 15.7 Å². The SMILES string of the molecule is Cc1ccc(NC(=O)Nc2cccc(O)c2C)cc1. The van der Waals surface area contributed by atoms with Gasteiger partial charge in [-0.2, -0.15) is 0 Å². The molecule has 0 saturated heterocycles. The van der Waals surface area contributed by atoms with Gasteiger partial charge in [-0.1, -0.05) is 23.8 Å². The number of phenolic OH excluding ortho intramolecular Hbond substituents is 1. The molecule has 2 rings (SSSR count). The van der Waals surface area contributed by atoms with E-state index in [1.807, 2.05) is 31.2 Å². The predicted molar refractivity (Wildman–Crippen MR) is 76.7 cm³/mol. The van der Waals surface area contributed by atoms with Crippen molar-refractivity contribution < 1.29 is 9.90 Å². The Kier molecular flexibility index (Phi) is 3.71. The maximum atomic E-state index is 11.8. The third-order valence-corrected chi connectivity index (χ3v) is 2.86. The second-order valence-corrected chi connectivity index (χ2v) is 4.39. The van der Waals surface area contributed by atoms with Gasteiger partial charge in [-0.05, 0) is 38.1 Å². The fourth-order valence-electron chi connectivity index (χ4n) is 1.68. The first-order valence-corrected chi connectivity index (χ1v) is 5.99. The highest BCUT2D eigenvalue weighted by molar-refractivity contribution is 6.00. The number of phenols is 1. The maximum Gasteiger partial charge on any atom is 0.323 e. The molecule has 0 radical (unpaired) electrons. The van der Waals surface area contributed by atoms with Gasteiger partial charge in [-0.15, -0.1) is 0 Å². The van der Waals surface area contributed by atoms with Gasteiger partial charge in [0, 0.05) is 16.9 Å². The number of aromatic hydroxyl groups is 1. The van der Waals surface area contributed by atoms with Crippen LogP contribution in [0.1, 0.15) is 11.1 Å². The van der Waals surface area contributed by atoms with Crippen molar-refractivity contribution in [2.24, 2.45) is 0 Å². The average Bonchev–Trinajstić information content (AvgIpc) is 2.38. The summed E-state index contributed by atoms with van der Waals surface area (Å²) in [4.78, 5) is 11.8. The number of hydrogen-bond acceptors (Lipinski definition) is 2. The molecule has 0 bridgehead atoms. The molecule has 0 aliphatic rings. The molecule has 0 fully saturated rings. The summed E-state index contributed by atoms with van der Waals surface area (Å²) in [6.07, 6.45) is 0. The minimum Gasteiger partial charge on any atom is -0.508 e. The van der Waals surface area contributed by atoms with Gasteiger partial charge in [-0.3, -0.25) is 0 Å². The van der Waals surface area contributed by atoms with Crippen molar-refractivity contribution >= 4 is 17.4 Å². The molecule has 98 valence electrons. The molecule has 2 amide bonds. The Hall–Kier alpha value is -2.49. The normalized spacial score (nSPS) is 10.0. The van der Waals surface area contributed by atoms with Crippen LogP contribution in [0.3, 0.4) is 0 Å². The van der Waals surface area contributed by atoms with E-state index in [1.165, 1.54) is 0 Å². The Balaban J connectivity index is 2.05. The van der Waals surface area contributed by atoms with Gasteiger partial charge in [-0.25, -0.2) is 4.79 Å². The summed E-state index contributed by atoms with van der Waals surface area (Å²) in [5.74, 6) is 0.160. The van der Waals surface area contributed by atoms with Crippen molar-refractivity contribution in [3.63, 3.8) is 0 Å². The van der Waals surface area contributed by atoms with Crippen LogP contribution in [0.5, 0.6) is 5.75 Å². The average molecular weight is 256 g/mol. The molecule has 2 aromatic carbocycles. The van der Waals surface area contributed by atoms with Crippen molar-refractivity contribution in [1.82, 2.24) is 0 Å². The van der Waals surface area contributed by atoms with E-state index in [0.29, 0.717) is 11.3 Å². The zero-order valence-electron chi connectivity index (χ0n) is 10.9. The minimum absolute atomic E-state index is 0.160. The van der Waals surface area contributed by atoms with Crippen LogP contribution >= 0.6 is 0 Å². The minimum atomic E-state index is -0.336. The quantitative estimate of drug-likeness (QED) is 0.768. The van der Waals surface area contributed by atoms with Crippen molar-refractivity contribution in [2.75, 3.05) is 10.6 Å². The van der Waals surface area contributed by atoms with Crippen molar-refractivity contribution in [2.45, 2.75) is 13.8 Å². The number of nitrogens with one attached hydrogen (secondary N) is 2. The number of rotatable bonds is 2. The van der Waals surface area contributed by atoms with Gasteiger partial charge in [0.1, 0.15) is 5.75 Å². The summed E-state index contributed by atoms with van der Waals surface area (Å²) >= 11 is 0. The summed E-state index contributed by atoms with van der Waals surface area (Å²) < 4.78 is 0. The van der Waals surface area contributed by atoms with Crippen LogP contribution in [0.15, 0.2) is 42.5 Å². The molecular weight excluding hydrogens is 240 g/mol. The molecule has 3 N–H and O–H groups in total. The second-order valence-electron chi connectivity index (χ2n) is 4.39. The lowest BCUT2D eigenvalue weighted by atomic mass is 10.2. The van der Waals surface area contributed by atoms with Crippen LogP contribution in [0.2, 0.25) is 0 Å². The van der Waals surface area contributed by atoms with Crippen LogP contribution in [-0.2, 0) is 0 Å². The molecule has 0 spiro atoms. The van der Waals surface area contributed by atoms with E-state index in [1.54, 1.807) is 25.1 Å². The lowest BCUT2D eigenvalue weighted by Gasteiger charge is -2.10. The molecule has 19 heavy (non-hydrogen) atoms. The van der Waals surface area contributed by atoms with Gasteiger partial charge in [0.25, 0.3) is 0 Å². The summed E-state index contributed by atoms with van der Waals surface area (Å²) in [5.41, 5.74) is 3.09. The summed E-state index contributed by atoms with van der Waals surface area (Å²) in [6.45, 7) is 3.73. The molecule has 0 saturated carbocycles. The third-order valence-electron chi connectivity index (χ3n) is 2.86. The molecule has 2 aromatic rings. The standard InChI is InChI=1S/C15H16N2O2/c1-10-6-8-12(9-7-10)16-15(19)17-13-4-3-5-14(18)11(13)2/h3-9,18H,1-2H3,(H2,16,17,19). The van der Waals surface area contributed by atoms with Crippen molar-refractivity contribution in [3.8, 4) is 5.75 Å². The van der Waals surface area contributed by atoms with Gasteiger partial charge in [0.15, 0.2) is 0 Å². The molecule has 0 atom stereocenters. The number of urea groups is 1. The Morgan fingerprint density at radius 1 is 1.00 bits per heavy atom. The first-order chi connectivity index (χ1) is 9.06. The molecule has 0 aliphatic heterocycles. The maximum absolute atomic E-state index is 11.8. The van der Waals surface area contributed by atoms with Crippen LogP contribution in [0.4, 0.5) is 16.2 Å². The zero-order valence-corrected chi connectivity index (χ0v) is 10.9. The van der Waals surface area contributed by atoms with Gasteiger partial charge in [0.05, 0.1) is 0 Å². The molecule has 4 nitrogen and oxygen atoms in total. The third kappa shape index (κ3) is 3.25. The molecule has 0 aliphatic carbocycles.